The minimum absolute atomic E-state index is 0.0377. The number of fused-ring (bicyclic) bond motifs is 1. The third kappa shape index (κ3) is 4.01. The molecule has 0 aliphatic rings. The fourth-order valence-corrected chi connectivity index (χ4v) is 3.19. The van der Waals surface area contributed by atoms with E-state index in [1.54, 1.807) is 31.4 Å². The largest absolute Gasteiger partial charge is 0.497 e. The number of nitrogens with one attached hydrogen (secondary N) is 1. The first-order valence-electron chi connectivity index (χ1n) is 9.45. The highest BCUT2D eigenvalue weighted by molar-refractivity contribution is 5.90. The van der Waals surface area contributed by atoms with Crippen molar-refractivity contribution >= 4 is 16.9 Å². The van der Waals surface area contributed by atoms with Crippen molar-refractivity contribution in [1.29, 1.82) is 0 Å². The Morgan fingerprint density at radius 2 is 1.97 bits per heavy atom. The molecular formula is C21H22N6O3. The van der Waals surface area contributed by atoms with Crippen molar-refractivity contribution in [3.8, 4) is 5.75 Å². The first-order valence-corrected chi connectivity index (χ1v) is 9.45. The summed E-state index contributed by atoms with van der Waals surface area (Å²) in [5.74, 6) is 1.08. The molecule has 2 aromatic heterocycles. The molecule has 30 heavy (non-hydrogen) atoms. The molecule has 2 N–H and O–H groups in total. The van der Waals surface area contributed by atoms with E-state index in [4.69, 9.17) is 4.74 Å². The molecule has 2 aromatic carbocycles. The number of carbonyl (C=O) groups is 1. The van der Waals surface area contributed by atoms with E-state index in [0.717, 1.165) is 22.4 Å². The van der Waals surface area contributed by atoms with E-state index < -0.39 is 12.0 Å². The van der Waals surface area contributed by atoms with Crippen LogP contribution in [-0.2, 0) is 20.1 Å². The SMILES string of the molecule is COc1ccc(C(O)Cn2cnc(C(=O)NCc3nc4ccccc4n3C)n2)cc1. The van der Waals surface area contributed by atoms with Crippen molar-refractivity contribution in [3.05, 3.63) is 72.1 Å². The molecule has 9 nitrogen and oxygen atoms in total. The van der Waals surface area contributed by atoms with Crippen LogP contribution in [0.4, 0.5) is 0 Å². The normalized spacial score (nSPS) is 12.1. The van der Waals surface area contributed by atoms with E-state index in [9.17, 15) is 9.90 Å². The molecule has 9 heteroatoms. The number of ether oxygens (including phenoxy) is 1. The molecule has 1 unspecified atom stereocenters. The number of imidazole rings is 1. The number of benzene rings is 2. The first kappa shape index (κ1) is 19.6. The fourth-order valence-electron chi connectivity index (χ4n) is 3.19. The van der Waals surface area contributed by atoms with Gasteiger partial charge in [0.25, 0.3) is 5.91 Å². The molecule has 154 valence electrons. The number of hydrogen-bond acceptors (Lipinski definition) is 6. The lowest BCUT2D eigenvalue weighted by molar-refractivity contribution is 0.0937. The van der Waals surface area contributed by atoms with Crippen LogP contribution in [0.15, 0.2) is 54.9 Å². The maximum absolute atomic E-state index is 12.4. The number of para-hydroxylation sites is 2. The third-order valence-electron chi connectivity index (χ3n) is 4.89. The number of aromatic nitrogens is 5. The molecule has 1 amide bonds. The van der Waals surface area contributed by atoms with E-state index in [1.165, 1.54) is 11.0 Å². The third-order valence-corrected chi connectivity index (χ3v) is 4.89. The van der Waals surface area contributed by atoms with Gasteiger partial charge in [0, 0.05) is 7.05 Å². The Balaban J connectivity index is 1.37. The number of aryl methyl sites for hydroxylation is 1. The lowest BCUT2D eigenvalue weighted by atomic mass is 10.1. The van der Waals surface area contributed by atoms with Crippen molar-refractivity contribution < 1.29 is 14.6 Å². The summed E-state index contributed by atoms with van der Waals surface area (Å²) in [5.41, 5.74) is 2.59. The maximum Gasteiger partial charge on any atom is 0.291 e. The Labute approximate surface area is 173 Å². The molecule has 4 aromatic rings. The van der Waals surface area contributed by atoms with Gasteiger partial charge >= 0.3 is 0 Å². The zero-order chi connectivity index (χ0) is 21.1. The summed E-state index contributed by atoms with van der Waals surface area (Å²) < 4.78 is 8.50. The van der Waals surface area contributed by atoms with Crippen LogP contribution in [0, 0.1) is 0 Å². The fraction of sp³-hybridized carbons (Fsp3) is 0.238. The van der Waals surface area contributed by atoms with Crippen LogP contribution >= 0.6 is 0 Å². The summed E-state index contributed by atoms with van der Waals surface area (Å²) in [6, 6.07) is 14.9. The van der Waals surface area contributed by atoms with Gasteiger partial charge in [0.1, 0.15) is 17.9 Å². The van der Waals surface area contributed by atoms with Gasteiger partial charge in [0.2, 0.25) is 5.82 Å². The van der Waals surface area contributed by atoms with Gasteiger partial charge in [-0.1, -0.05) is 24.3 Å². The Kier molecular flexibility index (Phi) is 5.44. The van der Waals surface area contributed by atoms with Crippen LogP contribution in [0.2, 0.25) is 0 Å². The van der Waals surface area contributed by atoms with Gasteiger partial charge in [0.15, 0.2) is 0 Å². The average Bonchev–Trinajstić information content (AvgIpc) is 3.37. The monoisotopic (exact) mass is 406 g/mol. The molecule has 0 saturated heterocycles. The molecular weight excluding hydrogens is 384 g/mol. The lowest BCUT2D eigenvalue weighted by Gasteiger charge is -2.11. The second-order valence-electron chi connectivity index (χ2n) is 6.84. The molecule has 0 saturated carbocycles. The molecule has 4 rings (SSSR count). The number of nitrogens with zero attached hydrogens (tertiary/aromatic N) is 5. The van der Waals surface area contributed by atoms with Crippen LogP contribution < -0.4 is 10.1 Å². The number of amides is 1. The zero-order valence-corrected chi connectivity index (χ0v) is 16.7. The van der Waals surface area contributed by atoms with Crippen molar-refractivity contribution in [3.63, 3.8) is 0 Å². The van der Waals surface area contributed by atoms with Crippen molar-refractivity contribution in [2.45, 2.75) is 19.2 Å². The minimum Gasteiger partial charge on any atom is -0.497 e. The molecule has 0 spiro atoms. The van der Waals surface area contributed by atoms with Crippen molar-refractivity contribution in [2.24, 2.45) is 7.05 Å². The van der Waals surface area contributed by atoms with Crippen LogP contribution in [-0.4, -0.2) is 42.4 Å². The van der Waals surface area contributed by atoms with E-state index in [1.807, 2.05) is 35.9 Å². The number of aliphatic hydroxyl groups excluding tert-OH is 1. The van der Waals surface area contributed by atoms with Gasteiger partial charge in [-0.05, 0) is 29.8 Å². The molecule has 0 aliphatic heterocycles. The highest BCUT2D eigenvalue weighted by Crippen LogP contribution is 2.19. The Morgan fingerprint density at radius 1 is 1.20 bits per heavy atom. The highest BCUT2D eigenvalue weighted by Gasteiger charge is 2.15. The minimum atomic E-state index is -0.784. The van der Waals surface area contributed by atoms with Gasteiger partial charge in [0.05, 0.1) is 37.3 Å². The standard InChI is InChI=1S/C21H22N6O3/c1-26-17-6-4-3-5-16(17)24-19(26)11-22-21(29)20-23-13-27(25-20)12-18(28)14-7-9-15(30-2)10-8-14/h3-10,13,18,28H,11-12H2,1-2H3,(H,22,29). The lowest BCUT2D eigenvalue weighted by Crippen LogP contribution is -2.25. The quantitative estimate of drug-likeness (QED) is 0.485. The Morgan fingerprint density at radius 3 is 2.70 bits per heavy atom. The molecule has 0 radical (unpaired) electrons. The predicted octanol–water partition coefficient (Wildman–Crippen LogP) is 1.84. The van der Waals surface area contributed by atoms with E-state index in [2.05, 4.69) is 20.4 Å². The van der Waals surface area contributed by atoms with Crippen LogP contribution in [0.3, 0.4) is 0 Å². The van der Waals surface area contributed by atoms with E-state index in [-0.39, 0.29) is 18.9 Å². The number of carbonyl (C=O) groups excluding carboxylic acids is 1. The highest BCUT2D eigenvalue weighted by atomic mass is 16.5. The smallest absolute Gasteiger partial charge is 0.291 e. The number of methoxy groups -OCH3 is 1. The Hall–Kier alpha value is -3.72. The summed E-state index contributed by atoms with van der Waals surface area (Å²) in [6.45, 7) is 0.435. The zero-order valence-electron chi connectivity index (χ0n) is 16.7. The van der Waals surface area contributed by atoms with Gasteiger partial charge in [-0.15, -0.1) is 5.10 Å². The first-order chi connectivity index (χ1) is 14.5. The van der Waals surface area contributed by atoms with E-state index >= 15 is 0 Å². The number of aliphatic hydroxyl groups is 1. The second kappa shape index (κ2) is 8.34. The van der Waals surface area contributed by atoms with Gasteiger partial charge in [-0.25, -0.2) is 14.6 Å². The van der Waals surface area contributed by atoms with Crippen LogP contribution in [0.1, 0.15) is 28.1 Å². The van der Waals surface area contributed by atoms with Gasteiger partial charge in [-0.3, -0.25) is 4.79 Å². The Bertz CT molecular complexity index is 1170. The van der Waals surface area contributed by atoms with Crippen LogP contribution in [0.5, 0.6) is 5.75 Å². The van der Waals surface area contributed by atoms with Gasteiger partial charge in [-0.2, -0.15) is 0 Å². The maximum atomic E-state index is 12.4. The van der Waals surface area contributed by atoms with Crippen LogP contribution in [0.25, 0.3) is 11.0 Å². The molecule has 1 atom stereocenters. The molecule has 0 aliphatic carbocycles. The molecule has 0 bridgehead atoms. The summed E-state index contributed by atoms with van der Waals surface area (Å²) >= 11 is 0. The average molecular weight is 406 g/mol. The molecule has 0 fully saturated rings. The van der Waals surface area contributed by atoms with Crippen molar-refractivity contribution in [1.82, 2.24) is 29.6 Å². The van der Waals surface area contributed by atoms with Crippen molar-refractivity contribution in [2.75, 3.05) is 7.11 Å². The molecule has 2 heterocycles. The topological polar surface area (TPSA) is 107 Å². The number of hydrogen-bond donors (Lipinski definition) is 2. The summed E-state index contributed by atoms with van der Waals surface area (Å²) in [6.07, 6.45) is 0.644. The second-order valence-corrected chi connectivity index (χ2v) is 6.84. The van der Waals surface area contributed by atoms with E-state index in [0.29, 0.717) is 5.75 Å². The predicted molar refractivity (Wildman–Crippen MR) is 110 cm³/mol. The summed E-state index contributed by atoms with van der Waals surface area (Å²) in [7, 11) is 3.49. The van der Waals surface area contributed by atoms with Gasteiger partial charge < -0.3 is 19.7 Å². The number of rotatable bonds is 7. The summed E-state index contributed by atoms with van der Waals surface area (Å²) in [4.78, 5) is 21.0. The summed E-state index contributed by atoms with van der Waals surface area (Å²) in [5, 5.41) is 17.4.